The largest absolute Gasteiger partial charge is 0.497 e. The maximum Gasteiger partial charge on any atom is 0.322 e. The van der Waals surface area contributed by atoms with Gasteiger partial charge < -0.3 is 34.1 Å². The minimum absolute atomic E-state index is 0.0748. The third-order valence-electron chi connectivity index (χ3n) is 6.58. The van der Waals surface area contributed by atoms with E-state index < -0.39 is 0 Å². The highest BCUT2D eigenvalue weighted by Gasteiger charge is 2.32. The van der Waals surface area contributed by atoms with Crippen LogP contribution in [0, 0.1) is 0 Å². The molecule has 0 unspecified atom stereocenters. The zero-order valence-electron chi connectivity index (χ0n) is 21.4. The van der Waals surface area contributed by atoms with E-state index in [1.165, 1.54) is 0 Å². The summed E-state index contributed by atoms with van der Waals surface area (Å²) in [5, 5.41) is 2.98. The fraction of sp³-hybridized carbons (Fsp3) is 0.286. The van der Waals surface area contributed by atoms with Crippen LogP contribution in [-0.2, 0) is 0 Å². The number of anilines is 1. The number of nitrogens with one attached hydrogen (secondary N) is 1. The number of aliphatic imine (C=N–C) groups is 1. The topological polar surface area (TPSA) is 84.9 Å². The summed E-state index contributed by atoms with van der Waals surface area (Å²) in [5.74, 6) is 4.12. The predicted molar refractivity (Wildman–Crippen MR) is 142 cm³/mol. The summed E-state index contributed by atoms with van der Waals surface area (Å²) in [7, 11) is 4.79. The van der Waals surface area contributed by atoms with Gasteiger partial charge in [0.25, 0.3) is 0 Å². The number of amides is 2. The molecule has 9 heteroatoms. The predicted octanol–water partition coefficient (Wildman–Crippen LogP) is 5.13. The van der Waals surface area contributed by atoms with Gasteiger partial charge >= 0.3 is 6.03 Å². The number of urea groups is 1. The standard InChI is InChI=1S/C28H30N4O5/c1-18-17-31(13-14-32(18)28(33)30-23-11-9-20(35-3)16-26(23)36-4)27-21-15-19(34-2)10-12-24(21)37-25-8-6-5-7-22(25)29-27/h5-12,15-16,18H,13-14,17H2,1-4H3,(H,30,33)/t18-/m1/s1. The maximum atomic E-state index is 13.2. The molecule has 1 atom stereocenters. The summed E-state index contributed by atoms with van der Waals surface area (Å²) in [6.45, 7) is 3.76. The van der Waals surface area contributed by atoms with Crippen molar-refractivity contribution in [3.8, 4) is 28.7 Å². The maximum absolute atomic E-state index is 13.2. The Bertz CT molecular complexity index is 1340. The van der Waals surface area contributed by atoms with Crippen molar-refractivity contribution in [1.29, 1.82) is 0 Å². The van der Waals surface area contributed by atoms with E-state index in [9.17, 15) is 4.79 Å². The highest BCUT2D eigenvalue weighted by molar-refractivity contribution is 6.04. The first kappa shape index (κ1) is 24.3. The Balaban J connectivity index is 1.38. The molecule has 37 heavy (non-hydrogen) atoms. The van der Waals surface area contributed by atoms with Crippen LogP contribution in [0.1, 0.15) is 12.5 Å². The summed E-state index contributed by atoms with van der Waals surface area (Å²) < 4.78 is 22.4. The first-order valence-electron chi connectivity index (χ1n) is 12.1. The molecular weight excluding hydrogens is 472 g/mol. The number of para-hydroxylation sites is 2. The number of benzene rings is 3. The van der Waals surface area contributed by atoms with Crippen LogP contribution in [0.15, 0.2) is 65.7 Å². The second kappa shape index (κ2) is 10.3. The molecule has 2 aliphatic rings. The van der Waals surface area contributed by atoms with Crippen LogP contribution in [0.3, 0.4) is 0 Å². The summed E-state index contributed by atoms with van der Waals surface area (Å²) in [6, 6.07) is 18.5. The van der Waals surface area contributed by atoms with E-state index >= 15 is 0 Å². The van der Waals surface area contributed by atoms with Gasteiger partial charge in [0.15, 0.2) is 5.75 Å². The van der Waals surface area contributed by atoms with E-state index in [2.05, 4.69) is 10.2 Å². The minimum atomic E-state index is -0.186. The number of ether oxygens (including phenoxy) is 4. The molecule has 0 aliphatic carbocycles. The average Bonchev–Trinajstić information content (AvgIpc) is 3.09. The second-order valence-electron chi connectivity index (χ2n) is 8.85. The van der Waals surface area contributed by atoms with E-state index in [0.29, 0.717) is 48.3 Å². The number of methoxy groups -OCH3 is 3. The van der Waals surface area contributed by atoms with Gasteiger partial charge in [-0.1, -0.05) is 12.1 Å². The van der Waals surface area contributed by atoms with Gasteiger partial charge in [-0.3, -0.25) is 0 Å². The molecule has 2 heterocycles. The van der Waals surface area contributed by atoms with E-state index in [4.69, 9.17) is 23.9 Å². The molecule has 0 spiro atoms. The van der Waals surface area contributed by atoms with Gasteiger partial charge in [-0.2, -0.15) is 0 Å². The highest BCUT2D eigenvalue weighted by atomic mass is 16.5. The number of hydrogen-bond donors (Lipinski definition) is 1. The molecule has 9 nitrogen and oxygen atoms in total. The number of carbonyl (C=O) groups excluding carboxylic acids is 1. The molecule has 0 aromatic heterocycles. The minimum Gasteiger partial charge on any atom is -0.497 e. The fourth-order valence-electron chi connectivity index (χ4n) is 4.61. The lowest BCUT2D eigenvalue weighted by Crippen LogP contribution is -2.56. The van der Waals surface area contributed by atoms with E-state index in [1.807, 2.05) is 54.3 Å². The van der Waals surface area contributed by atoms with Crippen LogP contribution in [0.5, 0.6) is 28.7 Å². The van der Waals surface area contributed by atoms with Gasteiger partial charge in [0.1, 0.15) is 34.5 Å². The van der Waals surface area contributed by atoms with Crippen molar-refractivity contribution in [3.05, 3.63) is 66.2 Å². The number of amidine groups is 1. The third-order valence-corrected chi connectivity index (χ3v) is 6.58. The normalized spacial score (nSPS) is 16.4. The zero-order valence-corrected chi connectivity index (χ0v) is 21.4. The quantitative estimate of drug-likeness (QED) is 0.532. The Morgan fingerprint density at radius 3 is 2.46 bits per heavy atom. The molecule has 1 N–H and O–H groups in total. The molecule has 0 saturated carbocycles. The first-order valence-corrected chi connectivity index (χ1v) is 12.1. The van der Waals surface area contributed by atoms with E-state index in [1.54, 1.807) is 39.5 Å². The van der Waals surface area contributed by atoms with Gasteiger partial charge in [-0.15, -0.1) is 0 Å². The van der Waals surface area contributed by atoms with Crippen LogP contribution in [0.4, 0.5) is 16.2 Å². The smallest absolute Gasteiger partial charge is 0.322 e. The van der Waals surface area contributed by atoms with Gasteiger partial charge in [0.05, 0.1) is 32.6 Å². The van der Waals surface area contributed by atoms with Gasteiger partial charge in [-0.25, -0.2) is 9.79 Å². The Hall–Kier alpha value is -4.40. The second-order valence-corrected chi connectivity index (χ2v) is 8.85. The van der Waals surface area contributed by atoms with E-state index in [0.717, 1.165) is 22.8 Å². The van der Waals surface area contributed by atoms with Crippen LogP contribution in [-0.4, -0.2) is 68.7 Å². The molecule has 1 saturated heterocycles. The molecule has 192 valence electrons. The van der Waals surface area contributed by atoms with Crippen LogP contribution < -0.4 is 24.3 Å². The lowest BCUT2D eigenvalue weighted by Gasteiger charge is -2.41. The van der Waals surface area contributed by atoms with Crippen molar-refractivity contribution >= 4 is 23.2 Å². The number of fused-ring (bicyclic) bond motifs is 2. The summed E-state index contributed by atoms with van der Waals surface area (Å²) in [4.78, 5) is 22.3. The summed E-state index contributed by atoms with van der Waals surface area (Å²) in [6.07, 6.45) is 0. The Labute approximate surface area is 216 Å². The summed E-state index contributed by atoms with van der Waals surface area (Å²) >= 11 is 0. The lowest BCUT2D eigenvalue weighted by molar-refractivity contribution is 0.144. The number of carbonyl (C=O) groups is 1. The fourth-order valence-corrected chi connectivity index (χ4v) is 4.61. The molecule has 2 amide bonds. The van der Waals surface area contributed by atoms with Crippen molar-refractivity contribution in [1.82, 2.24) is 9.80 Å². The molecule has 0 radical (unpaired) electrons. The molecular formula is C28H30N4O5. The number of hydrogen-bond acceptors (Lipinski definition) is 7. The molecule has 1 fully saturated rings. The number of piperazine rings is 1. The highest BCUT2D eigenvalue weighted by Crippen LogP contribution is 2.39. The monoisotopic (exact) mass is 502 g/mol. The molecule has 0 bridgehead atoms. The number of rotatable bonds is 4. The van der Waals surface area contributed by atoms with Crippen molar-refractivity contribution in [3.63, 3.8) is 0 Å². The zero-order chi connectivity index (χ0) is 25.9. The van der Waals surface area contributed by atoms with Crippen molar-refractivity contribution in [2.45, 2.75) is 13.0 Å². The van der Waals surface area contributed by atoms with Gasteiger partial charge in [-0.05, 0) is 49.4 Å². The van der Waals surface area contributed by atoms with Gasteiger partial charge in [0, 0.05) is 31.7 Å². The first-order chi connectivity index (χ1) is 18.0. The van der Waals surface area contributed by atoms with E-state index in [-0.39, 0.29) is 12.1 Å². The van der Waals surface area contributed by atoms with Crippen molar-refractivity contribution in [2.24, 2.45) is 4.99 Å². The molecule has 3 aromatic carbocycles. The molecule has 2 aliphatic heterocycles. The number of nitrogens with zero attached hydrogens (tertiary/aromatic N) is 3. The lowest BCUT2D eigenvalue weighted by atomic mass is 10.1. The average molecular weight is 503 g/mol. The molecule has 5 rings (SSSR count). The Morgan fingerprint density at radius 2 is 1.70 bits per heavy atom. The van der Waals surface area contributed by atoms with Gasteiger partial charge in [0.2, 0.25) is 0 Å². The Morgan fingerprint density at radius 1 is 0.946 bits per heavy atom. The van der Waals surface area contributed by atoms with Crippen LogP contribution >= 0.6 is 0 Å². The molecule has 3 aromatic rings. The van der Waals surface area contributed by atoms with Crippen LogP contribution in [0.25, 0.3) is 0 Å². The van der Waals surface area contributed by atoms with Crippen molar-refractivity contribution < 1.29 is 23.7 Å². The SMILES string of the molecule is COc1ccc(NC(=O)N2CCN(C3=Nc4ccccc4Oc4ccc(OC)cc43)C[C@H]2C)c(OC)c1. The third kappa shape index (κ3) is 4.84. The summed E-state index contributed by atoms with van der Waals surface area (Å²) in [5.41, 5.74) is 2.20. The van der Waals surface area contributed by atoms with Crippen LogP contribution in [0.2, 0.25) is 0 Å². The van der Waals surface area contributed by atoms with Crippen molar-refractivity contribution in [2.75, 3.05) is 46.3 Å². The Kier molecular flexibility index (Phi) is 6.76.